The molecule has 5 nitrogen and oxygen atoms in total. The van der Waals surface area contributed by atoms with E-state index in [-0.39, 0.29) is 0 Å². The maximum Gasteiger partial charge on any atom is 0.0900 e. The third kappa shape index (κ3) is 4.39. The minimum atomic E-state index is -0.432. The van der Waals surface area contributed by atoms with Crippen LogP contribution in [0, 0.1) is 0 Å². The summed E-state index contributed by atoms with van der Waals surface area (Å²) in [6.45, 7) is 3.61. The minimum absolute atomic E-state index is 0.392. The van der Waals surface area contributed by atoms with E-state index < -0.39 is 6.10 Å². The Morgan fingerprint density at radius 3 is 3.18 bits per heavy atom. The Morgan fingerprint density at radius 1 is 1.45 bits per heavy atom. The normalized spacial score (nSPS) is 20.5. The van der Waals surface area contributed by atoms with Crippen LogP contribution < -0.4 is 0 Å². The van der Waals surface area contributed by atoms with Crippen LogP contribution in [0.5, 0.6) is 0 Å². The van der Waals surface area contributed by atoms with Gasteiger partial charge in [-0.05, 0) is 36.9 Å². The maximum atomic E-state index is 10.2. The summed E-state index contributed by atoms with van der Waals surface area (Å²) in [5.41, 5.74) is 0. The lowest BCUT2D eigenvalue weighted by molar-refractivity contribution is 0.00741. The first-order chi connectivity index (χ1) is 10.8. The third-order valence-electron chi connectivity index (χ3n) is 4.04. The quantitative estimate of drug-likeness (QED) is 0.808. The molecule has 0 spiro atoms. The molecule has 1 saturated heterocycles. The van der Waals surface area contributed by atoms with Crippen LogP contribution in [0.3, 0.4) is 0 Å². The Kier molecular flexibility index (Phi) is 5.61. The van der Waals surface area contributed by atoms with E-state index in [0.29, 0.717) is 25.8 Å². The van der Waals surface area contributed by atoms with Gasteiger partial charge in [0, 0.05) is 29.9 Å². The molecule has 1 fully saturated rings. The number of nitrogens with zero attached hydrogens (tertiary/aromatic N) is 3. The van der Waals surface area contributed by atoms with E-state index in [9.17, 15) is 5.11 Å². The first-order valence-corrected chi connectivity index (χ1v) is 8.69. The summed E-state index contributed by atoms with van der Waals surface area (Å²) in [6.07, 6.45) is 5.74. The number of β-amino-alcohol motifs (C(OH)–C–C–N with tert-alkyl or cyclic N) is 1. The average Bonchev–Trinajstić information content (AvgIpc) is 3.23. The molecule has 0 saturated carbocycles. The van der Waals surface area contributed by atoms with Crippen molar-refractivity contribution in [3.63, 3.8) is 0 Å². The molecule has 1 aliphatic heterocycles. The lowest BCUT2D eigenvalue weighted by Gasteiger charge is -2.26. The zero-order chi connectivity index (χ0) is 15.2. The van der Waals surface area contributed by atoms with Crippen LogP contribution in [-0.4, -0.2) is 51.6 Å². The van der Waals surface area contributed by atoms with Crippen molar-refractivity contribution < 1.29 is 9.84 Å². The molecular weight excluding hydrogens is 298 g/mol. The number of thiophene rings is 1. The molecule has 22 heavy (non-hydrogen) atoms. The molecule has 120 valence electrons. The van der Waals surface area contributed by atoms with Crippen LogP contribution in [0.25, 0.3) is 0 Å². The van der Waals surface area contributed by atoms with E-state index in [4.69, 9.17) is 4.74 Å². The van der Waals surface area contributed by atoms with Gasteiger partial charge in [0.25, 0.3) is 0 Å². The molecule has 2 atom stereocenters. The highest BCUT2D eigenvalue weighted by Gasteiger charge is 2.26. The summed E-state index contributed by atoms with van der Waals surface area (Å²) in [6, 6.07) is 6.49. The molecule has 0 aromatic carbocycles. The Labute approximate surface area is 135 Å². The predicted molar refractivity (Wildman–Crippen MR) is 86.8 cm³/mol. The van der Waals surface area contributed by atoms with Gasteiger partial charge < -0.3 is 9.84 Å². The first-order valence-electron chi connectivity index (χ1n) is 7.81. The average molecular weight is 321 g/mol. The van der Waals surface area contributed by atoms with E-state index in [2.05, 4.69) is 16.1 Å². The zero-order valence-electron chi connectivity index (χ0n) is 12.7. The first kappa shape index (κ1) is 15.7. The number of hydrogen-bond acceptors (Lipinski definition) is 5. The second-order valence-electron chi connectivity index (χ2n) is 5.77. The molecule has 6 heteroatoms. The van der Waals surface area contributed by atoms with Gasteiger partial charge in [-0.25, -0.2) is 0 Å². The zero-order valence-corrected chi connectivity index (χ0v) is 13.5. The van der Waals surface area contributed by atoms with Crippen molar-refractivity contribution in [2.75, 3.05) is 19.7 Å². The van der Waals surface area contributed by atoms with Crippen molar-refractivity contribution in [3.8, 4) is 0 Å². The number of aliphatic hydroxyl groups is 1. The fraction of sp³-hybridized carbons (Fsp3) is 0.562. The molecule has 0 aliphatic carbocycles. The highest BCUT2D eigenvalue weighted by atomic mass is 32.1. The summed E-state index contributed by atoms with van der Waals surface area (Å²) < 4.78 is 7.58. The third-order valence-corrected chi connectivity index (χ3v) is 4.89. The molecule has 0 radical (unpaired) electrons. The molecule has 1 aliphatic rings. The Bertz CT molecular complexity index is 530. The summed E-state index contributed by atoms with van der Waals surface area (Å²) in [7, 11) is 0. The van der Waals surface area contributed by atoms with Crippen LogP contribution in [0.1, 0.15) is 17.7 Å². The van der Waals surface area contributed by atoms with Crippen LogP contribution >= 0.6 is 11.3 Å². The second-order valence-corrected chi connectivity index (χ2v) is 6.80. The molecule has 3 heterocycles. The summed E-state index contributed by atoms with van der Waals surface area (Å²) >= 11 is 1.68. The van der Waals surface area contributed by atoms with E-state index in [1.807, 2.05) is 34.6 Å². The van der Waals surface area contributed by atoms with E-state index in [1.165, 1.54) is 17.7 Å². The number of hydrogen-bond donors (Lipinski definition) is 1. The second kappa shape index (κ2) is 7.87. The van der Waals surface area contributed by atoms with E-state index in [1.54, 1.807) is 11.3 Å². The van der Waals surface area contributed by atoms with Crippen LogP contribution in [-0.2, 0) is 17.9 Å². The summed E-state index contributed by atoms with van der Waals surface area (Å²) in [4.78, 5) is 3.56. The molecule has 0 unspecified atom stereocenters. The van der Waals surface area contributed by atoms with Crippen LogP contribution in [0.2, 0.25) is 0 Å². The number of likely N-dealkylation sites (tertiary alicyclic amines) is 1. The Balaban J connectivity index is 1.40. The number of aromatic nitrogens is 2. The smallest absolute Gasteiger partial charge is 0.0900 e. The van der Waals surface area contributed by atoms with Gasteiger partial charge >= 0.3 is 0 Å². The van der Waals surface area contributed by atoms with Crippen molar-refractivity contribution in [3.05, 3.63) is 40.8 Å². The van der Waals surface area contributed by atoms with Crippen molar-refractivity contribution in [1.29, 1.82) is 0 Å². The number of aliphatic hydroxyl groups excluding tert-OH is 1. The maximum absolute atomic E-state index is 10.2. The van der Waals surface area contributed by atoms with E-state index >= 15 is 0 Å². The van der Waals surface area contributed by atoms with Gasteiger partial charge in [-0.1, -0.05) is 6.07 Å². The van der Waals surface area contributed by atoms with Gasteiger partial charge in [0.1, 0.15) is 0 Å². The number of rotatable bonds is 8. The fourth-order valence-electron chi connectivity index (χ4n) is 2.98. The SMILES string of the molecule is O[C@H](COCc1cccs1)CN1CCC[C@@H]1Cn1cccn1. The van der Waals surface area contributed by atoms with Crippen molar-refractivity contribution in [2.45, 2.75) is 38.1 Å². The molecule has 2 aromatic heterocycles. The minimum Gasteiger partial charge on any atom is -0.389 e. The highest BCUT2D eigenvalue weighted by molar-refractivity contribution is 7.09. The van der Waals surface area contributed by atoms with Crippen LogP contribution in [0.4, 0.5) is 0 Å². The molecule has 0 amide bonds. The highest BCUT2D eigenvalue weighted by Crippen LogP contribution is 2.19. The van der Waals surface area contributed by atoms with Gasteiger partial charge in [-0.3, -0.25) is 9.58 Å². The Morgan fingerprint density at radius 2 is 2.41 bits per heavy atom. The molecular formula is C16H23N3O2S. The van der Waals surface area contributed by atoms with Gasteiger partial charge in [0.2, 0.25) is 0 Å². The van der Waals surface area contributed by atoms with Gasteiger partial charge in [-0.2, -0.15) is 5.10 Å². The standard InChI is InChI=1S/C16H23N3O2S/c20-15(12-21-13-16-5-2-9-22-16)11-18-7-1-4-14(18)10-19-8-3-6-17-19/h2-3,5-6,8-9,14-15,20H,1,4,7,10-13H2/t14-,15+/m1/s1. The fourth-order valence-corrected chi connectivity index (χ4v) is 3.62. The van der Waals surface area contributed by atoms with Crippen LogP contribution in [0.15, 0.2) is 36.0 Å². The molecule has 0 bridgehead atoms. The largest absolute Gasteiger partial charge is 0.389 e. The lowest BCUT2D eigenvalue weighted by atomic mass is 10.2. The summed E-state index contributed by atoms with van der Waals surface area (Å²) in [5.74, 6) is 0. The number of ether oxygens (including phenoxy) is 1. The Hall–Kier alpha value is -1.21. The molecule has 3 rings (SSSR count). The molecule has 1 N–H and O–H groups in total. The topological polar surface area (TPSA) is 50.5 Å². The van der Waals surface area contributed by atoms with Gasteiger partial charge in [0.05, 0.1) is 25.9 Å². The van der Waals surface area contributed by atoms with Crippen molar-refractivity contribution >= 4 is 11.3 Å². The molecule has 2 aromatic rings. The van der Waals surface area contributed by atoms with Gasteiger partial charge in [-0.15, -0.1) is 11.3 Å². The summed E-state index contributed by atoms with van der Waals surface area (Å²) in [5, 5.41) is 16.5. The van der Waals surface area contributed by atoms with E-state index in [0.717, 1.165) is 13.1 Å². The van der Waals surface area contributed by atoms with Crippen molar-refractivity contribution in [1.82, 2.24) is 14.7 Å². The lowest BCUT2D eigenvalue weighted by Crippen LogP contribution is -2.40. The van der Waals surface area contributed by atoms with Crippen molar-refractivity contribution in [2.24, 2.45) is 0 Å². The van der Waals surface area contributed by atoms with Gasteiger partial charge in [0.15, 0.2) is 0 Å². The predicted octanol–water partition coefficient (Wildman–Crippen LogP) is 1.99. The monoisotopic (exact) mass is 321 g/mol.